The van der Waals surface area contributed by atoms with Crippen LogP contribution < -0.4 is 0 Å². The monoisotopic (exact) mass is 141 g/mol. The molecule has 0 saturated carbocycles. The summed E-state index contributed by atoms with van der Waals surface area (Å²) < 4.78 is 0. The standard InChI is InChI=1S/C7H11NO2/c1-4-5(8)7(2,3)6(9)10/h4,8H,1H2,2-3H3,(H,9,10). The number of carbonyl (C=O) groups is 1. The van der Waals surface area contributed by atoms with E-state index < -0.39 is 11.4 Å². The molecule has 0 bridgehead atoms. The van der Waals surface area contributed by atoms with Crippen molar-refractivity contribution < 1.29 is 9.90 Å². The minimum Gasteiger partial charge on any atom is -0.481 e. The van der Waals surface area contributed by atoms with Gasteiger partial charge in [-0.1, -0.05) is 6.58 Å². The number of nitrogens with one attached hydrogen (secondary N) is 1. The summed E-state index contributed by atoms with van der Waals surface area (Å²) in [6.07, 6.45) is 1.24. The summed E-state index contributed by atoms with van der Waals surface area (Å²) in [5.74, 6) is -1.00. The minimum atomic E-state index is -1.11. The first kappa shape index (κ1) is 8.88. The van der Waals surface area contributed by atoms with E-state index >= 15 is 0 Å². The summed E-state index contributed by atoms with van der Waals surface area (Å²) in [5.41, 5.74) is -1.08. The maximum Gasteiger partial charge on any atom is 0.315 e. The Bertz CT molecular complexity index is 182. The Morgan fingerprint density at radius 2 is 2.10 bits per heavy atom. The topological polar surface area (TPSA) is 61.2 Å². The molecule has 0 amide bonds. The van der Waals surface area contributed by atoms with E-state index in [1.807, 2.05) is 0 Å². The summed E-state index contributed by atoms with van der Waals surface area (Å²) in [6.45, 7) is 6.26. The van der Waals surface area contributed by atoms with Crippen LogP contribution >= 0.6 is 0 Å². The van der Waals surface area contributed by atoms with Crippen molar-refractivity contribution in [2.75, 3.05) is 0 Å². The number of hydrogen-bond acceptors (Lipinski definition) is 2. The van der Waals surface area contributed by atoms with Crippen LogP contribution in [0.5, 0.6) is 0 Å². The van der Waals surface area contributed by atoms with E-state index in [4.69, 9.17) is 10.5 Å². The van der Waals surface area contributed by atoms with E-state index in [0.717, 1.165) is 0 Å². The molecule has 0 fully saturated rings. The first-order valence-electron chi connectivity index (χ1n) is 2.87. The summed E-state index contributed by atoms with van der Waals surface area (Å²) >= 11 is 0. The van der Waals surface area contributed by atoms with Gasteiger partial charge in [-0.2, -0.15) is 0 Å². The molecular formula is C7H11NO2. The molecule has 3 heteroatoms. The summed E-state index contributed by atoms with van der Waals surface area (Å²) in [4.78, 5) is 10.4. The second-order valence-corrected chi connectivity index (χ2v) is 2.55. The molecule has 10 heavy (non-hydrogen) atoms. The van der Waals surface area contributed by atoms with Crippen LogP contribution in [0.25, 0.3) is 0 Å². The van der Waals surface area contributed by atoms with Gasteiger partial charge in [-0.25, -0.2) is 0 Å². The van der Waals surface area contributed by atoms with E-state index in [0.29, 0.717) is 0 Å². The molecule has 0 aliphatic rings. The highest BCUT2D eigenvalue weighted by molar-refractivity contribution is 6.09. The van der Waals surface area contributed by atoms with Gasteiger partial charge in [-0.3, -0.25) is 4.79 Å². The van der Waals surface area contributed by atoms with Crippen molar-refractivity contribution in [3.63, 3.8) is 0 Å². The lowest BCUT2D eigenvalue weighted by molar-refractivity contribution is -0.143. The molecule has 0 saturated heterocycles. The molecule has 56 valence electrons. The minimum absolute atomic E-state index is 0.0278. The zero-order valence-corrected chi connectivity index (χ0v) is 6.14. The lowest BCUT2D eigenvalue weighted by Gasteiger charge is -2.16. The third-order valence-corrected chi connectivity index (χ3v) is 1.41. The number of allylic oxidation sites excluding steroid dienone is 1. The third kappa shape index (κ3) is 1.43. The second-order valence-electron chi connectivity index (χ2n) is 2.55. The largest absolute Gasteiger partial charge is 0.481 e. The summed E-state index contributed by atoms with van der Waals surface area (Å²) in [7, 11) is 0. The highest BCUT2D eigenvalue weighted by Crippen LogP contribution is 2.16. The zero-order chi connectivity index (χ0) is 8.36. The predicted octanol–water partition coefficient (Wildman–Crippen LogP) is 1.30. The zero-order valence-electron chi connectivity index (χ0n) is 6.14. The Balaban J connectivity index is 4.55. The van der Waals surface area contributed by atoms with Crippen LogP contribution in [0.2, 0.25) is 0 Å². The summed E-state index contributed by atoms with van der Waals surface area (Å²) in [6, 6.07) is 0. The maximum absolute atomic E-state index is 10.4. The van der Waals surface area contributed by atoms with Gasteiger partial charge in [-0.15, -0.1) is 0 Å². The van der Waals surface area contributed by atoms with E-state index in [-0.39, 0.29) is 5.71 Å². The molecule has 0 atom stereocenters. The van der Waals surface area contributed by atoms with Gasteiger partial charge in [0.2, 0.25) is 0 Å². The van der Waals surface area contributed by atoms with Crippen molar-refractivity contribution in [1.82, 2.24) is 0 Å². The van der Waals surface area contributed by atoms with Crippen molar-refractivity contribution in [1.29, 1.82) is 5.41 Å². The van der Waals surface area contributed by atoms with E-state index in [9.17, 15) is 4.79 Å². The molecule has 0 radical (unpaired) electrons. The molecule has 0 rings (SSSR count). The van der Waals surface area contributed by atoms with Gasteiger partial charge >= 0.3 is 5.97 Å². The molecule has 0 unspecified atom stereocenters. The van der Waals surface area contributed by atoms with Gasteiger partial charge < -0.3 is 10.5 Å². The van der Waals surface area contributed by atoms with Crippen LogP contribution in [0.3, 0.4) is 0 Å². The fourth-order valence-corrected chi connectivity index (χ4v) is 0.370. The number of aliphatic carboxylic acids is 1. The normalized spacial score (nSPS) is 10.6. The Kier molecular flexibility index (Phi) is 2.35. The van der Waals surface area contributed by atoms with Crippen molar-refractivity contribution >= 4 is 11.7 Å². The fourth-order valence-electron chi connectivity index (χ4n) is 0.370. The Morgan fingerprint density at radius 1 is 1.70 bits per heavy atom. The van der Waals surface area contributed by atoms with Gasteiger partial charge in [0.05, 0.1) is 0 Å². The van der Waals surface area contributed by atoms with E-state index in [1.54, 1.807) is 0 Å². The maximum atomic E-state index is 10.4. The van der Waals surface area contributed by atoms with E-state index in [1.165, 1.54) is 19.9 Å². The van der Waals surface area contributed by atoms with Crippen LogP contribution in [0.15, 0.2) is 12.7 Å². The third-order valence-electron chi connectivity index (χ3n) is 1.41. The predicted molar refractivity (Wildman–Crippen MR) is 39.3 cm³/mol. The molecule has 0 aliphatic carbocycles. The van der Waals surface area contributed by atoms with Gasteiger partial charge in [0.25, 0.3) is 0 Å². The van der Waals surface area contributed by atoms with Crippen molar-refractivity contribution in [3.05, 3.63) is 12.7 Å². The van der Waals surface area contributed by atoms with Crippen LogP contribution in [0.1, 0.15) is 13.8 Å². The highest BCUT2D eigenvalue weighted by atomic mass is 16.4. The quantitative estimate of drug-likeness (QED) is 0.582. The average Bonchev–Trinajstić information content (AvgIpc) is 1.86. The van der Waals surface area contributed by atoms with Crippen LogP contribution in [-0.4, -0.2) is 16.8 Å². The molecule has 0 aliphatic heterocycles. The Hall–Kier alpha value is -1.12. The van der Waals surface area contributed by atoms with Gasteiger partial charge in [0.1, 0.15) is 5.41 Å². The van der Waals surface area contributed by atoms with Crippen LogP contribution in [-0.2, 0) is 4.79 Å². The van der Waals surface area contributed by atoms with Crippen LogP contribution in [0, 0.1) is 10.8 Å². The lowest BCUT2D eigenvalue weighted by atomic mass is 9.88. The molecule has 3 nitrogen and oxygen atoms in total. The molecular weight excluding hydrogens is 130 g/mol. The number of hydrogen-bond donors (Lipinski definition) is 2. The van der Waals surface area contributed by atoms with Crippen molar-refractivity contribution in [2.45, 2.75) is 13.8 Å². The lowest BCUT2D eigenvalue weighted by Crippen LogP contribution is -2.31. The SMILES string of the molecule is C=CC(=N)C(C)(C)C(=O)O. The molecule has 0 spiro atoms. The molecule has 0 aromatic heterocycles. The number of carboxylic acid groups (broad SMARTS) is 1. The first-order chi connectivity index (χ1) is 4.42. The van der Waals surface area contributed by atoms with Crippen molar-refractivity contribution in [2.24, 2.45) is 5.41 Å². The number of carboxylic acids is 1. The van der Waals surface area contributed by atoms with E-state index in [2.05, 4.69) is 6.58 Å². The molecule has 0 aromatic carbocycles. The average molecular weight is 141 g/mol. The second kappa shape index (κ2) is 2.64. The van der Waals surface area contributed by atoms with Gasteiger partial charge in [0.15, 0.2) is 0 Å². The van der Waals surface area contributed by atoms with Crippen molar-refractivity contribution in [3.8, 4) is 0 Å². The Labute approximate surface area is 59.9 Å². The fraction of sp³-hybridized carbons (Fsp3) is 0.429. The van der Waals surface area contributed by atoms with Gasteiger partial charge in [-0.05, 0) is 19.9 Å². The van der Waals surface area contributed by atoms with Crippen LogP contribution in [0.4, 0.5) is 0 Å². The first-order valence-corrected chi connectivity index (χ1v) is 2.87. The molecule has 0 aromatic rings. The smallest absolute Gasteiger partial charge is 0.315 e. The summed E-state index contributed by atoms with van der Waals surface area (Å²) in [5, 5.41) is 15.7. The number of rotatable bonds is 3. The Morgan fingerprint density at radius 3 is 2.20 bits per heavy atom. The molecule has 2 N–H and O–H groups in total. The van der Waals surface area contributed by atoms with Gasteiger partial charge in [0, 0.05) is 5.71 Å². The highest BCUT2D eigenvalue weighted by Gasteiger charge is 2.30. The molecule has 0 heterocycles.